The lowest BCUT2D eigenvalue weighted by molar-refractivity contribution is 0.687. The van der Waals surface area contributed by atoms with Crippen LogP contribution in [0.3, 0.4) is 0 Å². The summed E-state index contributed by atoms with van der Waals surface area (Å²) in [6, 6.07) is 4.51. The van der Waals surface area contributed by atoms with Gasteiger partial charge in [-0.1, -0.05) is 0 Å². The number of nitrogens with zero attached hydrogens (tertiary/aromatic N) is 2. The van der Waals surface area contributed by atoms with E-state index in [0.717, 1.165) is 17.4 Å². The summed E-state index contributed by atoms with van der Waals surface area (Å²) in [5, 5.41) is 11.4. The molecule has 13 heavy (non-hydrogen) atoms. The molecule has 1 aromatic heterocycles. The lowest BCUT2D eigenvalue weighted by atomic mass is 10.2. The van der Waals surface area contributed by atoms with Crippen molar-refractivity contribution in [3.8, 4) is 0 Å². The molecule has 3 nitrogen and oxygen atoms in total. The van der Waals surface area contributed by atoms with Crippen LogP contribution < -0.4 is 5.32 Å². The van der Waals surface area contributed by atoms with Crippen LogP contribution in [0.5, 0.6) is 0 Å². The van der Waals surface area contributed by atoms with Crippen LogP contribution in [0.25, 0.3) is 0 Å². The Labute approximate surface area is 78.6 Å². The fourth-order valence-electron chi connectivity index (χ4n) is 1.42. The first-order valence-electron chi connectivity index (χ1n) is 4.82. The van der Waals surface area contributed by atoms with Gasteiger partial charge in [0.05, 0.1) is 5.69 Å². The summed E-state index contributed by atoms with van der Waals surface area (Å²) < 4.78 is 0. The lowest BCUT2D eigenvalue weighted by Gasteiger charge is -2.12. The first-order chi connectivity index (χ1) is 6.25. The van der Waals surface area contributed by atoms with Crippen LogP contribution in [-0.2, 0) is 0 Å². The third-order valence-corrected chi connectivity index (χ3v) is 2.50. The molecule has 70 valence electrons. The van der Waals surface area contributed by atoms with Gasteiger partial charge >= 0.3 is 0 Å². The quantitative estimate of drug-likeness (QED) is 0.767. The van der Waals surface area contributed by atoms with E-state index in [9.17, 15) is 0 Å². The van der Waals surface area contributed by atoms with Crippen LogP contribution in [0.2, 0.25) is 0 Å². The Morgan fingerprint density at radius 1 is 1.38 bits per heavy atom. The second kappa shape index (κ2) is 3.32. The largest absolute Gasteiger partial charge is 0.366 e. The molecule has 1 heterocycles. The van der Waals surface area contributed by atoms with E-state index in [4.69, 9.17) is 0 Å². The zero-order valence-corrected chi connectivity index (χ0v) is 8.12. The predicted octanol–water partition coefficient (Wildman–Crippen LogP) is 2.00. The smallest absolute Gasteiger partial charge is 0.148 e. The van der Waals surface area contributed by atoms with Gasteiger partial charge in [0, 0.05) is 6.04 Å². The van der Waals surface area contributed by atoms with Crippen LogP contribution in [0, 0.1) is 12.8 Å². The van der Waals surface area contributed by atoms with Crippen LogP contribution in [0.15, 0.2) is 12.1 Å². The van der Waals surface area contributed by atoms with Gasteiger partial charge in [0.1, 0.15) is 5.82 Å². The molecule has 1 fully saturated rings. The van der Waals surface area contributed by atoms with E-state index in [0.29, 0.717) is 6.04 Å². The molecule has 1 N–H and O–H groups in total. The van der Waals surface area contributed by atoms with E-state index < -0.39 is 0 Å². The molecule has 1 aromatic rings. The predicted molar refractivity (Wildman–Crippen MR) is 52.6 cm³/mol. The highest BCUT2D eigenvalue weighted by atomic mass is 15.2. The Morgan fingerprint density at radius 2 is 2.15 bits per heavy atom. The van der Waals surface area contributed by atoms with Crippen molar-refractivity contribution < 1.29 is 0 Å². The summed E-state index contributed by atoms with van der Waals surface area (Å²) in [6.07, 6.45) is 2.71. The Morgan fingerprint density at radius 3 is 2.69 bits per heavy atom. The minimum absolute atomic E-state index is 0.539. The number of aryl methyl sites for hydroxylation is 1. The molecule has 0 amide bonds. The normalized spacial score (nSPS) is 18.3. The topological polar surface area (TPSA) is 37.8 Å². The van der Waals surface area contributed by atoms with Crippen molar-refractivity contribution in [2.75, 3.05) is 5.32 Å². The fourth-order valence-corrected chi connectivity index (χ4v) is 1.42. The van der Waals surface area contributed by atoms with Gasteiger partial charge in [-0.3, -0.25) is 0 Å². The number of aromatic nitrogens is 2. The number of hydrogen-bond acceptors (Lipinski definition) is 3. The van der Waals surface area contributed by atoms with E-state index in [-0.39, 0.29) is 0 Å². The van der Waals surface area contributed by atoms with Gasteiger partial charge in [0.15, 0.2) is 0 Å². The number of anilines is 1. The van der Waals surface area contributed by atoms with Gasteiger partial charge in [-0.15, -0.1) is 5.10 Å². The Kier molecular flexibility index (Phi) is 2.17. The number of hydrogen-bond donors (Lipinski definition) is 1. The van der Waals surface area contributed by atoms with Crippen molar-refractivity contribution in [1.29, 1.82) is 0 Å². The Balaban J connectivity index is 1.96. The molecule has 1 aliphatic rings. The zero-order chi connectivity index (χ0) is 9.26. The van der Waals surface area contributed by atoms with Crippen molar-refractivity contribution >= 4 is 5.82 Å². The third kappa shape index (κ3) is 2.17. The Bertz CT molecular complexity index is 277. The van der Waals surface area contributed by atoms with E-state index >= 15 is 0 Å². The zero-order valence-electron chi connectivity index (χ0n) is 8.12. The maximum absolute atomic E-state index is 4.07. The molecule has 0 aromatic carbocycles. The maximum atomic E-state index is 4.07. The molecule has 0 bridgehead atoms. The molecule has 1 saturated carbocycles. The molecule has 2 rings (SSSR count). The van der Waals surface area contributed by atoms with E-state index in [1.54, 1.807) is 0 Å². The van der Waals surface area contributed by atoms with Crippen molar-refractivity contribution in [2.24, 2.45) is 5.92 Å². The van der Waals surface area contributed by atoms with Crippen LogP contribution in [0.1, 0.15) is 25.5 Å². The summed E-state index contributed by atoms with van der Waals surface area (Å²) in [4.78, 5) is 0. The maximum Gasteiger partial charge on any atom is 0.148 e. The molecule has 0 spiro atoms. The molecule has 0 aliphatic heterocycles. The lowest BCUT2D eigenvalue weighted by Crippen LogP contribution is -2.18. The number of rotatable bonds is 3. The highest BCUT2D eigenvalue weighted by molar-refractivity contribution is 5.34. The first-order valence-corrected chi connectivity index (χ1v) is 4.82. The van der Waals surface area contributed by atoms with Crippen molar-refractivity contribution in [3.05, 3.63) is 17.8 Å². The van der Waals surface area contributed by atoms with Crippen LogP contribution in [0.4, 0.5) is 5.82 Å². The summed E-state index contributed by atoms with van der Waals surface area (Å²) in [5.41, 5.74) is 0.963. The summed E-state index contributed by atoms with van der Waals surface area (Å²) >= 11 is 0. The second-order valence-corrected chi connectivity index (χ2v) is 3.83. The monoisotopic (exact) mass is 177 g/mol. The molecular weight excluding hydrogens is 162 g/mol. The highest BCUT2D eigenvalue weighted by Gasteiger charge is 2.27. The van der Waals surface area contributed by atoms with Gasteiger partial charge < -0.3 is 5.32 Å². The molecule has 3 heteroatoms. The fraction of sp³-hybridized carbons (Fsp3) is 0.600. The average molecular weight is 177 g/mol. The van der Waals surface area contributed by atoms with Gasteiger partial charge in [0.25, 0.3) is 0 Å². The van der Waals surface area contributed by atoms with Gasteiger partial charge in [-0.2, -0.15) is 5.10 Å². The number of nitrogens with one attached hydrogen (secondary N) is 1. The van der Waals surface area contributed by atoms with E-state index in [1.165, 1.54) is 12.8 Å². The SMILES string of the molecule is Cc1ccc(NC(C)C2CC2)nn1. The van der Waals surface area contributed by atoms with Crippen molar-refractivity contribution in [2.45, 2.75) is 32.7 Å². The van der Waals surface area contributed by atoms with Crippen molar-refractivity contribution in [1.82, 2.24) is 10.2 Å². The molecule has 1 aliphatic carbocycles. The minimum atomic E-state index is 0.539. The second-order valence-electron chi connectivity index (χ2n) is 3.83. The average Bonchev–Trinajstić information content (AvgIpc) is 2.91. The first kappa shape index (κ1) is 8.48. The van der Waals surface area contributed by atoms with Gasteiger partial charge in [0.2, 0.25) is 0 Å². The summed E-state index contributed by atoms with van der Waals surface area (Å²) in [6.45, 7) is 4.15. The van der Waals surface area contributed by atoms with Gasteiger partial charge in [-0.05, 0) is 44.7 Å². The Hall–Kier alpha value is -1.12. The summed E-state index contributed by atoms with van der Waals surface area (Å²) in [5.74, 6) is 1.74. The molecule has 0 radical (unpaired) electrons. The van der Waals surface area contributed by atoms with Crippen molar-refractivity contribution in [3.63, 3.8) is 0 Å². The minimum Gasteiger partial charge on any atom is -0.366 e. The molecule has 1 atom stereocenters. The standard InChI is InChI=1S/C10H15N3/c1-7-3-6-10(13-12-7)11-8(2)9-4-5-9/h3,6,8-9H,4-5H2,1-2H3,(H,11,13). The van der Waals surface area contributed by atoms with E-state index in [2.05, 4.69) is 22.4 Å². The summed E-state index contributed by atoms with van der Waals surface area (Å²) in [7, 11) is 0. The molecular formula is C10H15N3. The van der Waals surface area contributed by atoms with Crippen LogP contribution in [-0.4, -0.2) is 16.2 Å². The third-order valence-electron chi connectivity index (χ3n) is 2.50. The van der Waals surface area contributed by atoms with Crippen LogP contribution >= 0.6 is 0 Å². The molecule has 1 unspecified atom stereocenters. The molecule has 0 saturated heterocycles. The van der Waals surface area contributed by atoms with Gasteiger partial charge in [-0.25, -0.2) is 0 Å². The van der Waals surface area contributed by atoms with E-state index in [1.807, 2.05) is 19.1 Å². The highest BCUT2D eigenvalue weighted by Crippen LogP contribution is 2.33.